The SMILES string of the molecule is CC1=N/C(=C\c2cccc(-c3ccc(C)c(C)c3)c2)C(=O)O1. The van der Waals surface area contributed by atoms with Gasteiger partial charge in [-0.25, -0.2) is 9.79 Å². The minimum Gasteiger partial charge on any atom is -0.407 e. The third-order valence-electron chi connectivity index (χ3n) is 3.76. The molecule has 2 aromatic carbocycles. The molecule has 0 saturated carbocycles. The molecule has 0 aromatic heterocycles. The van der Waals surface area contributed by atoms with Gasteiger partial charge in [0.25, 0.3) is 0 Å². The fourth-order valence-electron chi connectivity index (χ4n) is 2.40. The zero-order valence-corrected chi connectivity index (χ0v) is 12.9. The topological polar surface area (TPSA) is 38.7 Å². The Kier molecular flexibility index (Phi) is 3.63. The van der Waals surface area contributed by atoms with Crippen molar-refractivity contribution >= 4 is 17.9 Å². The minimum absolute atomic E-state index is 0.342. The average molecular weight is 291 g/mol. The minimum atomic E-state index is -0.394. The average Bonchev–Trinajstić information content (AvgIpc) is 2.80. The number of hydrogen-bond donors (Lipinski definition) is 0. The van der Waals surface area contributed by atoms with E-state index in [1.807, 2.05) is 18.2 Å². The van der Waals surface area contributed by atoms with Crippen molar-refractivity contribution < 1.29 is 9.53 Å². The zero-order chi connectivity index (χ0) is 15.7. The Bertz CT molecular complexity index is 816. The molecule has 0 N–H and O–H groups in total. The molecule has 1 aliphatic rings. The van der Waals surface area contributed by atoms with Gasteiger partial charge < -0.3 is 4.74 Å². The predicted molar refractivity (Wildman–Crippen MR) is 88.5 cm³/mol. The van der Waals surface area contributed by atoms with Gasteiger partial charge in [0.1, 0.15) is 0 Å². The van der Waals surface area contributed by atoms with Crippen molar-refractivity contribution in [2.45, 2.75) is 20.8 Å². The molecule has 0 radical (unpaired) electrons. The Balaban J connectivity index is 1.98. The number of ether oxygens (including phenoxy) is 1. The molecule has 2 aromatic rings. The van der Waals surface area contributed by atoms with E-state index in [0.29, 0.717) is 11.6 Å². The molecule has 3 heteroatoms. The van der Waals surface area contributed by atoms with Crippen molar-refractivity contribution in [1.29, 1.82) is 0 Å². The number of cyclic esters (lactones) is 1. The van der Waals surface area contributed by atoms with Gasteiger partial charge >= 0.3 is 5.97 Å². The van der Waals surface area contributed by atoms with Gasteiger partial charge in [0.15, 0.2) is 11.6 Å². The molecule has 0 bridgehead atoms. The molecular weight excluding hydrogens is 274 g/mol. The Morgan fingerprint density at radius 3 is 2.41 bits per heavy atom. The maximum Gasteiger partial charge on any atom is 0.363 e. The van der Waals surface area contributed by atoms with Gasteiger partial charge in [0.2, 0.25) is 0 Å². The molecule has 0 amide bonds. The lowest BCUT2D eigenvalue weighted by Crippen LogP contribution is -1.99. The summed E-state index contributed by atoms with van der Waals surface area (Å²) in [6.45, 7) is 5.88. The summed E-state index contributed by atoms with van der Waals surface area (Å²) in [6, 6.07) is 14.5. The van der Waals surface area contributed by atoms with Crippen LogP contribution in [0.2, 0.25) is 0 Å². The first-order chi connectivity index (χ1) is 10.5. The molecule has 110 valence electrons. The molecule has 3 rings (SSSR count). The van der Waals surface area contributed by atoms with Gasteiger partial charge in [0, 0.05) is 6.92 Å². The second-order valence-electron chi connectivity index (χ2n) is 5.47. The highest BCUT2D eigenvalue weighted by atomic mass is 16.6. The van der Waals surface area contributed by atoms with Crippen LogP contribution in [0, 0.1) is 13.8 Å². The monoisotopic (exact) mass is 291 g/mol. The highest BCUT2D eigenvalue weighted by molar-refractivity contribution is 6.06. The predicted octanol–water partition coefficient (Wildman–Crippen LogP) is 4.29. The van der Waals surface area contributed by atoms with E-state index >= 15 is 0 Å². The lowest BCUT2D eigenvalue weighted by Gasteiger charge is -2.06. The summed E-state index contributed by atoms with van der Waals surface area (Å²) in [7, 11) is 0. The molecule has 0 fully saturated rings. The van der Waals surface area contributed by atoms with E-state index in [0.717, 1.165) is 16.7 Å². The molecule has 0 atom stereocenters. The van der Waals surface area contributed by atoms with Crippen LogP contribution < -0.4 is 0 Å². The summed E-state index contributed by atoms with van der Waals surface area (Å²) in [5.74, 6) is -0.00403. The number of aliphatic imine (C=N–C) groups is 1. The second kappa shape index (κ2) is 5.60. The molecule has 0 aliphatic carbocycles. The van der Waals surface area contributed by atoms with E-state index in [4.69, 9.17) is 4.74 Å². The number of aryl methyl sites for hydroxylation is 2. The van der Waals surface area contributed by atoms with Crippen LogP contribution in [0.15, 0.2) is 53.2 Å². The van der Waals surface area contributed by atoms with Gasteiger partial charge in [-0.15, -0.1) is 0 Å². The van der Waals surface area contributed by atoms with E-state index in [1.165, 1.54) is 11.1 Å². The van der Waals surface area contributed by atoms with Gasteiger partial charge in [-0.3, -0.25) is 0 Å². The summed E-state index contributed by atoms with van der Waals surface area (Å²) in [4.78, 5) is 15.7. The Morgan fingerprint density at radius 2 is 1.73 bits per heavy atom. The Morgan fingerprint density at radius 1 is 0.955 bits per heavy atom. The number of carbonyl (C=O) groups is 1. The number of carbonyl (C=O) groups excluding carboxylic acids is 1. The van der Waals surface area contributed by atoms with Crippen LogP contribution in [0.1, 0.15) is 23.6 Å². The van der Waals surface area contributed by atoms with Crippen LogP contribution >= 0.6 is 0 Å². The fraction of sp³-hybridized carbons (Fsp3) is 0.158. The Hall–Kier alpha value is -2.68. The first-order valence-corrected chi connectivity index (χ1v) is 7.20. The van der Waals surface area contributed by atoms with Crippen molar-refractivity contribution in [3.8, 4) is 11.1 Å². The first kappa shape index (κ1) is 14.3. The molecule has 1 aliphatic heterocycles. The van der Waals surface area contributed by atoms with Crippen LogP contribution in [0.3, 0.4) is 0 Å². The summed E-state index contributed by atoms with van der Waals surface area (Å²) < 4.78 is 4.93. The van der Waals surface area contributed by atoms with E-state index in [-0.39, 0.29) is 0 Å². The third kappa shape index (κ3) is 2.84. The molecule has 0 spiro atoms. The summed E-state index contributed by atoms with van der Waals surface area (Å²) >= 11 is 0. The molecule has 3 nitrogen and oxygen atoms in total. The van der Waals surface area contributed by atoms with Crippen molar-refractivity contribution in [3.05, 3.63) is 64.9 Å². The van der Waals surface area contributed by atoms with E-state index in [1.54, 1.807) is 13.0 Å². The quantitative estimate of drug-likeness (QED) is 0.611. The second-order valence-corrected chi connectivity index (χ2v) is 5.47. The van der Waals surface area contributed by atoms with Gasteiger partial charge in [-0.1, -0.05) is 36.4 Å². The van der Waals surface area contributed by atoms with Gasteiger partial charge in [0.05, 0.1) is 0 Å². The smallest absolute Gasteiger partial charge is 0.363 e. The number of esters is 1. The number of rotatable bonds is 2. The van der Waals surface area contributed by atoms with Crippen LogP contribution in [-0.4, -0.2) is 11.9 Å². The van der Waals surface area contributed by atoms with Crippen molar-refractivity contribution in [2.24, 2.45) is 4.99 Å². The van der Waals surface area contributed by atoms with Crippen LogP contribution in [0.4, 0.5) is 0 Å². The fourth-order valence-corrected chi connectivity index (χ4v) is 2.40. The van der Waals surface area contributed by atoms with E-state index < -0.39 is 5.97 Å². The maximum absolute atomic E-state index is 11.6. The lowest BCUT2D eigenvalue weighted by atomic mass is 9.99. The molecule has 1 heterocycles. The highest BCUT2D eigenvalue weighted by Gasteiger charge is 2.19. The number of benzene rings is 2. The number of hydrogen-bond acceptors (Lipinski definition) is 3. The largest absolute Gasteiger partial charge is 0.407 e. The molecule has 22 heavy (non-hydrogen) atoms. The number of nitrogens with zero attached hydrogens (tertiary/aromatic N) is 1. The van der Waals surface area contributed by atoms with Crippen molar-refractivity contribution in [2.75, 3.05) is 0 Å². The van der Waals surface area contributed by atoms with Gasteiger partial charge in [-0.05, 0) is 53.8 Å². The van der Waals surface area contributed by atoms with Crippen LogP contribution in [-0.2, 0) is 9.53 Å². The highest BCUT2D eigenvalue weighted by Crippen LogP contribution is 2.24. The molecule has 0 unspecified atom stereocenters. The molecule has 0 saturated heterocycles. The van der Waals surface area contributed by atoms with Crippen molar-refractivity contribution in [1.82, 2.24) is 0 Å². The third-order valence-corrected chi connectivity index (χ3v) is 3.76. The van der Waals surface area contributed by atoms with E-state index in [2.05, 4.69) is 43.1 Å². The van der Waals surface area contributed by atoms with Crippen molar-refractivity contribution in [3.63, 3.8) is 0 Å². The summed E-state index contributed by atoms with van der Waals surface area (Å²) in [5.41, 5.74) is 6.10. The molecular formula is C19H17NO2. The maximum atomic E-state index is 11.6. The Labute approximate surface area is 130 Å². The first-order valence-electron chi connectivity index (χ1n) is 7.20. The lowest BCUT2D eigenvalue weighted by molar-refractivity contribution is -0.130. The summed E-state index contributed by atoms with van der Waals surface area (Å²) in [5, 5.41) is 0. The summed E-state index contributed by atoms with van der Waals surface area (Å²) in [6.07, 6.45) is 1.75. The normalized spacial score (nSPS) is 15.9. The van der Waals surface area contributed by atoms with Gasteiger partial charge in [-0.2, -0.15) is 0 Å². The standard InChI is InChI=1S/C19H17NO2/c1-12-7-8-17(9-13(12)2)16-6-4-5-15(10-16)11-18-19(21)22-14(3)20-18/h4-11H,1-3H3/b18-11-. The van der Waals surface area contributed by atoms with Crippen LogP contribution in [0.5, 0.6) is 0 Å². The zero-order valence-electron chi connectivity index (χ0n) is 12.9. The van der Waals surface area contributed by atoms with E-state index in [9.17, 15) is 4.79 Å². The van der Waals surface area contributed by atoms with Crippen LogP contribution in [0.25, 0.3) is 17.2 Å².